The number of ether oxygens (including phenoxy) is 1. The Morgan fingerprint density at radius 2 is 1.67 bits per heavy atom. The van der Waals surface area contributed by atoms with E-state index in [1.54, 1.807) is 0 Å². The van der Waals surface area contributed by atoms with Crippen molar-refractivity contribution in [2.75, 3.05) is 65.6 Å². The predicted molar refractivity (Wildman–Crippen MR) is 115 cm³/mol. The Bertz CT molecular complexity index is 578. The van der Waals surface area contributed by atoms with Gasteiger partial charge in [0.15, 0.2) is 5.11 Å². The van der Waals surface area contributed by atoms with E-state index in [9.17, 15) is 0 Å². The van der Waals surface area contributed by atoms with Crippen LogP contribution in [0.15, 0.2) is 24.3 Å². The van der Waals surface area contributed by atoms with Gasteiger partial charge >= 0.3 is 0 Å². The molecule has 2 saturated heterocycles. The monoisotopic (exact) mass is 390 g/mol. The molecule has 6 heteroatoms. The summed E-state index contributed by atoms with van der Waals surface area (Å²) < 4.78 is 5.39. The quantitative estimate of drug-likeness (QED) is 0.749. The molecule has 0 aliphatic carbocycles. The Labute approximate surface area is 169 Å². The number of nitrogens with one attached hydrogen (secondary N) is 1. The Morgan fingerprint density at radius 3 is 2.30 bits per heavy atom. The molecule has 0 atom stereocenters. The van der Waals surface area contributed by atoms with Crippen molar-refractivity contribution in [3.63, 3.8) is 0 Å². The molecule has 0 unspecified atom stereocenters. The Balaban J connectivity index is 1.34. The fraction of sp³-hybridized carbons (Fsp3) is 0.667. The number of hydrogen-bond acceptors (Lipinski definition) is 4. The summed E-state index contributed by atoms with van der Waals surface area (Å²) in [5, 5.41) is 4.34. The zero-order valence-corrected chi connectivity index (χ0v) is 17.6. The third-order valence-electron chi connectivity index (χ3n) is 5.52. The summed E-state index contributed by atoms with van der Waals surface area (Å²) in [7, 11) is 0. The molecule has 0 radical (unpaired) electrons. The van der Waals surface area contributed by atoms with E-state index in [-0.39, 0.29) is 0 Å². The zero-order valence-electron chi connectivity index (χ0n) is 16.8. The van der Waals surface area contributed by atoms with Crippen molar-refractivity contribution in [2.45, 2.75) is 26.3 Å². The standard InChI is InChI=1S/C21H34N4OS/c1-18(2)20-5-3-19(4-6-20)17-24-9-11-25(12-10-24)21(27)22-7-8-23-13-15-26-16-14-23/h3-6,18H,7-17H2,1-2H3,(H,22,27). The molecule has 2 aliphatic rings. The normalized spacial score (nSPS) is 19.4. The number of nitrogens with zero attached hydrogens (tertiary/aromatic N) is 3. The van der Waals surface area contributed by atoms with E-state index in [4.69, 9.17) is 17.0 Å². The van der Waals surface area contributed by atoms with Crippen molar-refractivity contribution < 1.29 is 4.74 Å². The van der Waals surface area contributed by atoms with Crippen LogP contribution in [0.5, 0.6) is 0 Å². The summed E-state index contributed by atoms with van der Waals surface area (Å²) in [6.07, 6.45) is 0. The summed E-state index contributed by atoms with van der Waals surface area (Å²) in [5.41, 5.74) is 2.82. The predicted octanol–water partition coefficient (Wildman–Crippen LogP) is 2.13. The van der Waals surface area contributed by atoms with E-state index in [1.807, 2.05) is 0 Å². The lowest BCUT2D eigenvalue weighted by Gasteiger charge is -2.36. The number of piperazine rings is 1. The molecule has 27 heavy (non-hydrogen) atoms. The third-order valence-corrected chi connectivity index (χ3v) is 5.92. The third kappa shape index (κ3) is 6.42. The molecule has 0 saturated carbocycles. The molecule has 0 bridgehead atoms. The summed E-state index contributed by atoms with van der Waals surface area (Å²) >= 11 is 5.60. The van der Waals surface area contributed by atoms with Crippen LogP contribution in [0, 0.1) is 0 Å². The van der Waals surface area contributed by atoms with Crippen molar-refractivity contribution in [1.82, 2.24) is 20.0 Å². The molecular weight excluding hydrogens is 356 g/mol. The lowest BCUT2D eigenvalue weighted by molar-refractivity contribution is 0.0388. The van der Waals surface area contributed by atoms with E-state index < -0.39 is 0 Å². The van der Waals surface area contributed by atoms with E-state index in [1.165, 1.54) is 11.1 Å². The van der Waals surface area contributed by atoms with Crippen LogP contribution in [-0.4, -0.2) is 85.4 Å². The van der Waals surface area contributed by atoms with Gasteiger partial charge < -0.3 is 15.0 Å². The molecule has 2 aliphatic heterocycles. The summed E-state index contributed by atoms with van der Waals surface area (Å²) in [5.74, 6) is 0.597. The van der Waals surface area contributed by atoms with Crippen LogP contribution in [0.2, 0.25) is 0 Å². The average Bonchev–Trinajstić information content (AvgIpc) is 2.70. The molecule has 3 rings (SSSR count). The first-order valence-corrected chi connectivity index (χ1v) is 10.7. The highest BCUT2D eigenvalue weighted by Crippen LogP contribution is 2.16. The molecule has 2 heterocycles. The Morgan fingerprint density at radius 1 is 1.00 bits per heavy atom. The largest absolute Gasteiger partial charge is 0.379 e. The average molecular weight is 391 g/mol. The molecule has 1 N–H and O–H groups in total. The topological polar surface area (TPSA) is 31.0 Å². The maximum absolute atomic E-state index is 5.60. The summed E-state index contributed by atoms with van der Waals surface area (Å²) in [6, 6.07) is 9.09. The maximum atomic E-state index is 5.60. The van der Waals surface area contributed by atoms with Crippen LogP contribution < -0.4 is 5.32 Å². The van der Waals surface area contributed by atoms with Gasteiger partial charge in [-0.1, -0.05) is 38.1 Å². The van der Waals surface area contributed by atoms with Crippen molar-refractivity contribution >= 4 is 17.3 Å². The Kier molecular flexibility index (Phi) is 7.88. The van der Waals surface area contributed by atoms with Crippen LogP contribution in [-0.2, 0) is 11.3 Å². The number of hydrogen-bond donors (Lipinski definition) is 1. The first kappa shape index (κ1) is 20.5. The number of rotatable bonds is 6. The first-order valence-electron chi connectivity index (χ1n) is 10.3. The number of thiocarbonyl (C=S) groups is 1. The van der Waals surface area contributed by atoms with Crippen LogP contribution in [0.1, 0.15) is 30.9 Å². The van der Waals surface area contributed by atoms with Crippen molar-refractivity contribution in [3.8, 4) is 0 Å². The smallest absolute Gasteiger partial charge is 0.169 e. The van der Waals surface area contributed by atoms with E-state index in [0.717, 1.165) is 77.2 Å². The highest BCUT2D eigenvalue weighted by atomic mass is 32.1. The van der Waals surface area contributed by atoms with Gasteiger partial charge in [0.2, 0.25) is 0 Å². The van der Waals surface area contributed by atoms with Gasteiger partial charge in [0, 0.05) is 58.9 Å². The minimum Gasteiger partial charge on any atom is -0.379 e. The molecule has 1 aromatic rings. The van der Waals surface area contributed by atoms with Gasteiger partial charge in [0.25, 0.3) is 0 Å². The van der Waals surface area contributed by atoms with Gasteiger partial charge in [0.05, 0.1) is 13.2 Å². The second-order valence-corrected chi connectivity index (χ2v) is 8.23. The lowest BCUT2D eigenvalue weighted by Crippen LogP contribution is -2.52. The summed E-state index contributed by atoms with van der Waals surface area (Å²) in [4.78, 5) is 7.27. The Hall–Kier alpha value is -1.21. The minimum atomic E-state index is 0.597. The number of benzene rings is 1. The molecular formula is C21H34N4OS. The van der Waals surface area contributed by atoms with Crippen molar-refractivity contribution in [3.05, 3.63) is 35.4 Å². The van der Waals surface area contributed by atoms with Crippen molar-refractivity contribution in [2.24, 2.45) is 0 Å². The van der Waals surface area contributed by atoms with Crippen molar-refractivity contribution in [1.29, 1.82) is 0 Å². The minimum absolute atomic E-state index is 0.597. The van der Waals surface area contributed by atoms with Crippen LogP contribution >= 0.6 is 12.2 Å². The van der Waals surface area contributed by atoms with Gasteiger partial charge in [-0.05, 0) is 29.3 Å². The molecule has 0 aromatic heterocycles. The first-order chi connectivity index (χ1) is 13.1. The van der Waals surface area contributed by atoms with Gasteiger partial charge in [-0.25, -0.2) is 0 Å². The highest BCUT2D eigenvalue weighted by molar-refractivity contribution is 7.80. The van der Waals surface area contributed by atoms with Crippen LogP contribution in [0.25, 0.3) is 0 Å². The molecule has 5 nitrogen and oxygen atoms in total. The lowest BCUT2D eigenvalue weighted by atomic mass is 10.0. The van der Waals surface area contributed by atoms with Crippen LogP contribution in [0.4, 0.5) is 0 Å². The zero-order chi connectivity index (χ0) is 19.1. The SMILES string of the molecule is CC(C)c1ccc(CN2CCN(C(=S)NCCN3CCOCC3)CC2)cc1. The summed E-state index contributed by atoms with van der Waals surface area (Å²) in [6.45, 7) is 15.4. The van der Waals surface area contributed by atoms with Gasteiger partial charge in [-0.15, -0.1) is 0 Å². The molecule has 0 amide bonds. The molecule has 0 spiro atoms. The second-order valence-electron chi connectivity index (χ2n) is 7.85. The second kappa shape index (κ2) is 10.4. The van der Waals surface area contributed by atoms with Crippen LogP contribution in [0.3, 0.4) is 0 Å². The highest BCUT2D eigenvalue weighted by Gasteiger charge is 2.19. The number of morpholine rings is 1. The molecule has 150 valence electrons. The van der Waals surface area contributed by atoms with E-state index in [2.05, 4.69) is 58.1 Å². The van der Waals surface area contributed by atoms with Gasteiger partial charge in [-0.2, -0.15) is 0 Å². The van der Waals surface area contributed by atoms with E-state index in [0.29, 0.717) is 5.92 Å². The fourth-order valence-corrected chi connectivity index (χ4v) is 3.92. The molecule has 2 fully saturated rings. The fourth-order valence-electron chi connectivity index (χ4n) is 3.63. The van der Waals surface area contributed by atoms with Gasteiger partial charge in [-0.3, -0.25) is 9.80 Å². The maximum Gasteiger partial charge on any atom is 0.169 e. The van der Waals surface area contributed by atoms with E-state index >= 15 is 0 Å². The molecule has 1 aromatic carbocycles. The van der Waals surface area contributed by atoms with Gasteiger partial charge in [0.1, 0.15) is 0 Å².